The second kappa shape index (κ2) is 7.49. The van der Waals surface area contributed by atoms with Crippen molar-refractivity contribution in [2.75, 3.05) is 25.0 Å². The van der Waals surface area contributed by atoms with E-state index in [1.165, 1.54) is 12.6 Å². The summed E-state index contributed by atoms with van der Waals surface area (Å²) >= 11 is 0. The number of anilines is 1. The third kappa shape index (κ3) is 3.95. The highest BCUT2D eigenvalue weighted by atomic mass is 32.2. The van der Waals surface area contributed by atoms with Gasteiger partial charge in [-0.15, -0.1) is 0 Å². The van der Waals surface area contributed by atoms with E-state index < -0.39 is 10.2 Å². The molecule has 0 aromatic carbocycles. The number of rotatable bonds is 5. The maximum Gasteiger partial charge on any atom is 0.276 e. The Balaban J connectivity index is 1.57. The molecule has 4 rings (SSSR count). The van der Waals surface area contributed by atoms with Crippen LogP contribution in [0.2, 0.25) is 0 Å². The summed E-state index contributed by atoms with van der Waals surface area (Å²) in [5.41, 5.74) is 3.30. The van der Waals surface area contributed by atoms with E-state index in [-0.39, 0.29) is 6.04 Å². The van der Waals surface area contributed by atoms with Gasteiger partial charge in [-0.2, -0.15) is 13.1 Å². The first-order valence-corrected chi connectivity index (χ1v) is 10.8. The monoisotopic (exact) mass is 388 g/mol. The topological polar surface area (TPSA) is 100 Å². The number of aromatic nitrogens is 3. The minimum atomic E-state index is -3.40. The lowest BCUT2D eigenvalue weighted by molar-refractivity contribution is 0.455. The van der Waals surface area contributed by atoms with Gasteiger partial charge in [0.15, 0.2) is 5.82 Å². The fraction of sp³-hybridized carbons (Fsp3) is 0.500. The number of pyridine rings is 1. The summed E-state index contributed by atoms with van der Waals surface area (Å²) in [7, 11) is -1.99. The van der Waals surface area contributed by atoms with Crippen LogP contribution in [0.1, 0.15) is 30.5 Å². The Labute approximate surface area is 159 Å². The fourth-order valence-electron chi connectivity index (χ4n) is 3.79. The largest absolute Gasteiger partial charge is 0.356 e. The van der Waals surface area contributed by atoms with Gasteiger partial charge in [-0.05, 0) is 44.2 Å². The second-order valence-electron chi connectivity index (χ2n) is 6.98. The summed E-state index contributed by atoms with van der Waals surface area (Å²) in [5, 5.41) is 0. The third-order valence-corrected chi connectivity index (χ3v) is 6.40. The van der Waals surface area contributed by atoms with Gasteiger partial charge in [0.25, 0.3) is 10.2 Å². The highest BCUT2D eigenvalue weighted by Gasteiger charge is 2.28. The van der Waals surface area contributed by atoms with Gasteiger partial charge in [-0.25, -0.2) is 14.7 Å². The number of nitrogens with zero attached hydrogens (tertiary/aromatic N) is 4. The lowest BCUT2D eigenvalue weighted by atomic mass is 10.1. The van der Waals surface area contributed by atoms with Crippen LogP contribution in [-0.2, 0) is 23.1 Å². The molecule has 3 heterocycles. The lowest BCUT2D eigenvalue weighted by Gasteiger charge is -2.34. The van der Waals surface area contributed by atoms with Crippen LogP contribution in [0.3, 0.4) is 0 Å². The predicted octanol–water partition coefficient (Wildman–Crippen LogP) is 1.05. The number of piperidine rings is 1. The van der Waals surface area contributed by atoms with E-state index in [2.05, 4.69) is 19.3 Å². The van der Waals surface area contributed by atoms with Crippen molar-refractivity contribution in [3.05, 3.63) is 35.8 Å². The minimum Gasteiger partial charge on any atom is -0.356 e. The van der Waals surface area contributed by atoms with Crippen LogP contribution >= 0.6 is 0 Å². The van der Waals surface area contributed by atoms with Crippen LogP contribution in [0.5, 0.6) is 0 Å². The first kappa shape index (κ1) is 18.3. The van der Waals surface area contributed by atoms with Crippen LogP contribution < -0.4 is 14.3 Å². The smallest absolute Gasteiger partial charge is 0.276 e. The summed E-state index contributed by atoms with van der Waals surface area (Å²) in [6.45, 7) is 1.54. The molecule has 2 aliphatic rings. The van der Waals surface area contributed by atoms with E-state index in [4.69, 9.17) is 9.97 Å². The van der Waals surface area contributed by atoms with Gasteiger partial charge in [-0.1, -0.05) is 0 Å². The zero-order chi connectivity index (χ0) is 18.9. The molecule has 1 aliphatic heterocycles. The van der Waals surface area contributed by atoms with Gasteiger partial charge >= 0.3 is 0 Å². The third-order valence-electron chi connectivity index (χ3n) is 5.22. The molecule has 0 saturated carbocycles. The number of hydrogen-bond donors (Lipinski definition) is 2. The van der Waals surface area contributed by atoms with Crippen molar-refractivity contribution in [3.63, 3.8) is 0 Å². The molecular weight excluding hydrogens is 364 g/mol. The molecule has 0 bridgehead atoms. The van der Waals surface area contributed by atoms with Gasteiger partial charge in [0.2, 0.25) is 0 Å². The zero-order valence-electron chi connectivity index (χ0n) is 15.4. The van der Waals surface area contributed by atoms with Crippen molar-refractivity contribution in [3.8, 4) is 11.4 Å². The molecule has 27 heavy (non-hydrogen) atoms. The van der Waals surface area contributed by atoms with E-state index in [0.29, 0.717) is 0 Å². The maximum atomic E-state index is 11.7. The standard InChI is InChI=1S/C18H24N6O2S/c1-19-27(25,26)23-14-7-10-24(11-8-14)18-15-5-2-6-16(15)21-17(22-18)13-4-3-9-20-12-13/h3-4,9,12,14,19,23H,2,5-8,10-11H2,1H3. The molecule has 9 heteroatoms. The molecule has 2 N–H and O–H groups in total. The Morgan fingerprint density at radius 3 is 2.70 bits per heavy atom. The predicted molar refractivity (Wildman–Crippen MR) is 104 cm³/mol. The average Bonchev–Trinajstić information content (AvgIpc) is 3.17. The Kier molecular flexibility index (Phi) is 5.07. The molecule has 1 aliphatic carbocycles. The molecule has 0 unspecified atom stereocenters. The Morgan fingerprint density at radius 2 is 2.00 bits per heavy atom. The highest BCUT2D eigenvalue weighted by molar-refractivity contribution is 7.87. The number of fused-ring (bicyclic) bond motifs is 1. The Morgan fingerprint density at radius 1 is 1.19 bits per heavy atom. The molecule has 0 amide bonds. The van der Waals surface area contributed by atoms with Crippen LogP contribution in [0, 0.1) is 0 Å². The lowest BCUT2D eigenvalue weighted by Crippen LogP contribution is -2.47. The van der Waals surface area contributed by atoms with Crippen molar-refractivity contribution in [2.24, 2.45) is 0 Å². The van der Waals surface area contributed by atoms with Crippen LogP contribution in [0.4, 0.5) is 5.82 Å². The van der Waals surface area contributed by atoms with Crippen LogP contribution in [-0.4, -0.2) is 49.5 Å². The summed E-state index contributed by atoms with van der Waals surface area (Å²) < 4.78 is 28.4. The molecule has 8 nitrogen and oxygen atoms in total. The maximum absolute atomic E-state index is 11.7. The van der Waals surface area contributed by atoms with Crippen molar-refractivity contribution >= 4 is 16.0 Å². The number of nitrogens with one attached hydrogen (secondary N) is 2. The van der Waals surface area contributed by atoms with Gasteiger partial charge in [0, 0.05) is 55.4 Å². The van der Waals surface area contributed by atoms with Crippen molar-refractivity contribution < 1.29 is 8.42 Å². The second-order valence-corrected chi connectivity index (χ2v) is 8.63. The average molecular weight is 388 g/mol. The molecule has 2 aromatic heterocycles. The Hall–Kier alpha value is -2.10. The van der Waals surface area contributed by atoms with E-state index in [9.17, 15) is 8.42 Å². The molecular formula is C18H24N6O2S. The summed E-state index contributed by atoms with van der Waals surface area (Å²) in [5.74, 6) is 1.73. The molecule has 1 fully saturated rings. The molecule has 0 atom stereocenters. The van der Waals surface area contributed by atoms with Gasteiger partial charge in [0.1, 0.15) is 5.82 Å². The number of aryl methyl sites for hydroxylation is 1. The summed E-state index contributed by atoms with van der Waals surface area (Å²) in [6, 6.07) is 3.82. The highest BCUT2D eigenvalue weighted by Crippen LogP contribution is 2.32. The van der Waals surface area contributed by atoms with Gasteiger partial charge < -0.3 is 4.90 Å². The molecule has 0 spiro atoms. The SMILES string of the molecule is CNS(=O)(=O)NC1CCN(c2nc(-c3cccnc3)nc3c2CCC3)CC1. The van der Waals surface area contributed by atoms with Crippen molar-refractivity contribution in [1.82, 2.24) is 24.4 Å². The van der Waals surface area contributed by atoms with Gasteiger partial charge in [-0.3, -0.25) is 4.98 Å². The van der Waals surface area contributed by atoms with E-state index in [1.807, 2.05) is 12.1 Å². The molecule has 2 aromatic rings. The first-order chi connectivity index (χ1) is 13.1. The molecule has 1 saturated heterocycles. The Bertz CT molecular complexity index is 911. The summed E-state index contributed by atoms with van der Waals surface area (Å²) in [6.07, 6.45) is 8.13. The van der Waals surface area contributed by atoms with E-state index in [0.717, 1.165) is 68.1 Å². The normalized spacial score (nSPS) is 17.9. The first-order valence-electron chi connectivity index (χ1n) is 9.31. The van der Waals surface area contributed by atoms with Crippen LogP contribution in [0.25, 0.3) is 11.4 Å². The van der Waals surface area contributed by atoms with Crippen molar-refractivity contribution in [2.45, 2.75) is 38.1 Å². The van der Waals surface area contributed by atoms with E-state index in [1.54, 1.807) is 12.4 Å². The van der Waals surface area contributed by atoms with Crippen molar-refractivity contribution in [1.29, 1.82) is 0 Å². The fourth-order valence-corrected chi connectivity index (χ4v) is 4.58. The molecule has 144 valence electrons. The van der Waals surface area contributed by atoms with Gasteiger partial charge in [0.05, 0.1) is 0 Å². The van der Waals surface area contributed by atoms with E-state index >= 15 is 0 Å². The quantitative estimate of drug-likeness (QED) is 0.794. The summed E-state index contributed by atoms with van der Waals surface area (Å²) in [4.78, 5) is 16.1. The minimum absolute atomic E-state index is 0.0496. The van der Waals surface area contributed by atoms with Crippen LogP contribution in [0.15, 0.2) is 24.5 Å². The number of hydrogen-bond acceptors (Lipinski definition) is 6. The zero-order valence-corrected chi connectivity index (χ0v) is 16.2. The molecule has 0 radical (unpaired) electrons.